The maximum Gasteiger partial charge on any atom is 0.246 e. The predicted molar refractivity (Wildman–Crippen MR) is 88.8 cm³/mol. The highest BCUT2D eigenvalue weighted by Crippen LogP contribution is 2.34. The van der Waals surface area contributed by atoms with E-state index in [1.165, 1.54) is 0 Å². The van der Waals surface area contributed by atoms with Crippen LogP contribution in [0.2, 0.25) is 0 Å². The molecule has 124 valence electrons. The van der Waals surface area contributed by atoms with Gasteiger partial charge in [0.05, 0.1) is 5.60 Å². The number of rotatable bonds is 7. The van der Waals surface area contributed by atoms with E-state index in [2.05, 4.69) is 5.32 Å². The highest BCUT2D eigenvalue weighted by molar-refractivity contribution is 5.77. The summed E-state index contributed by atoms with van der Waals surface area (Å²) in [6, 6.07) is 9.96. The van der Waals surface area contributed by atoms with Crippen molar-refractivity contribution in [1.82, 2.24) is 5.32 Å². The third-order valence-electron chi connectivity index (χ3n) is 3.69. The average Bonchev–Trinajstić information content (AvgIpc) is 2.45. The van der Waals surface area contributed by atoms with Gasteiger partial charge in [0.1, 0.15) is 6.61 Å². The fraction of sp³-hybridized carbons (Fsp3) is 0.611. The van der Waals surface area contributed by atoms with Gasteiger partial charge in [-0.25, -0.2) is 0 Å². The Morgan fingerprint density at radius 2 is 1.77 bits per heavy atom. The zero-order valence-corrected chi connectivity index (χ0v) is 14.3. The van der Waals surface area contributed by atoms with Gasteiger partial charge in [-0.1, -0.05) is 44.2 Å². The van der Waals surface area contributed by atoms with Gasteiger partial charge in [0.2, 0.25) is 5.91 Å². The van der Waals surface area contributed by atoms with E-state index in [1.807, 2.05) is 65.0 Å². The molecule has 0 bridgehead atoms. The van der Waals surface area contributed by atoms with Crippen molar-refractivity contribution >= 4 is 5.91 Å². The lowest BCUT2D eigenvalue weighted by molar-refractivity contribution is -0.130. The first-order valence-corrected chi connectivity index (χ1v) is 7.72. The first-order chi connectivity index (χ1) is 10.2. The van der Waals surface area contributed by atoms with E-state index in [-0.39, 0.29) is 36.1 Å². The van der Waals surface area contributed by atoms with E-state index in [1.54, 1.807) is 0 Å². The molecule has 22 heavy (non-hydrogen) atoms. The van der Waals surface area contributed by atoms with Crippen LogP contribution < -0.4 is 5.32 Å². The van der Waals surface area contributed by atoms with Gasteiger partial charge in [-0.05, 0) is 31.7 Å². The van der Waals surface area contributed by atoms with Crippen LogP contribution in [0.4, 0.5) is 0 Å². The lowest BCUT2D eigenvalue weighted by Gasteiger charge is -2.33. The lowest BCUT2D eigenvalue weighted by Crippen LogP contribution is -2.39. The summed E-state index contributed by atoms with van der Waals surface area (Å²) < 4.78 is 5.48. The molecule has 0 aliphatic carbocycles. The van der Waals surface area contributed by atoms with E-state index in [9.17, 15) is 9.90 Å². The van der Waals surface area contributed by atoms with Gasteiger partial charge in [-0.15, -0.1) is 0 Å². The van der Waals surface area contributed by atoms with Gasteiger partial charge >= 0.3 is 0 Å². The van der Waals surface area contributed by atoms with Gasteiger partial charge in [-0.2, -0.15) is 0 Å². The second-order valence-corrected chi connectivity index (χ2v) is 7.32. The highest BCUT2D eigenvalue weighted by Gasteiger charge is 2.30. The van der Waals surface area contributed by atoms with Gasteiger partial charge in [0, 0.05) is 19.1 Å². The molecule has 0 spiro atoms. The van der Waals surface area contributed by atoms with Crippen LogP contribution in [0.15, 0.2) is 30.3 Å². The molecular weight excluding hydrogens is 278 g/mol. The minimum Gasteiger partial charge on any atom is -0.396 e. The Hall–Kier alpha value is -1.39. The number of aliphatic hydroxyl groups excluding tert-OH is 1. The largest absolute Gasteiger partial charge is 0.396 e. The van der Waals surface area contributed by atoms with Crippen molar-refractivity contribution in [2.45, 2.75) is 46.1 Å². The minimum atomic E-state index is -0.333. The summed E-state index contributed by atoms with van der Waals surface area (Å²) in [7, 11) is 0. The molecule has 0 aromatic heterocycles. The maximum atomic E-state index is 11.9. The molecule has 2 N–H and O–H groups in total. The van der Waals surface area contributed by atoms with Crippen LogP contribution >= 0.6 is 0 Å². The zero-order chi connectivity index (χ0) is 16.8. The number of carbonyl (C=O) groups excluding carboxylic acids is 1. The van der Waals surface area contributed by atoms with Crippen LogP contribution in [-0.4, -0.2) is 36.4 Å². The van der Waals surface area contributed by atoms with E-state index < -0.39 is 0 Å². The number of aliphatic hydroxyl groups is 1. The van der Waals surface area contributed by atoms with Crippen molar-refractivity contribution in [3.8, 4) is 0 Å². The van der Waals surface area contributed by atoms with Crippen LogP contribution in [0.25, 0.3) is 0 Å². The first kappa shape index (κ1) is 18.7. The number of ether oxygens (including phenoxy) is 1. The Labute approximate surface area is 133 Å². The number of amides is 1. The Morgan fingerprint density at radius 1 is 1.18 bits per heavy atom. The normalized spacial score (nSPS) is 13.7. The topological polar surface area (TPSA) is 58.6 Å². The third kappa shape index (κ3) is 6.16. The van der Waals surface area contributed by atoms with Crippen molar-refractivity contribution < 1.29 is 14.6 Å². The summed E-state index contributed by atoms with van der Waals surface area (Å²) in [6.45, 7) is 10.3. The van der Waals surface area contributed by atoms with Crippen molar-refractivity contribution in [3.05, 3.63) is 35.9 Å². The second-order valence-electron chi connectivity index (χ2n) is 7.32. The fourth-order valence-corrected chi connectivity index (χ4v) is 2.19. The van der Waals surface area contributed by atoms with Crippen LogP contribution in [-0.2, 0) is 9.53 Å². The molecule has 1 aromatic carbocycles. The number of carbonyl (C=O) groups is 1. The van der Waals surface area contributed by atoms with Crippen LogP contribution in [0.3, 0.4) is 0 Å². The molecule has 0 heterocycles. The fourth-order valence-electron chi connectivity index (χ4n) is 2.19. The number of nitrogens with one attached hydrogen (secondary N) is 1. The molecule has 0 saturated heterocycles. The van der Waals surface area contributed by atoms with E-state index in [0.717, 1.165) is 5.56 Å². The van der Waals surface area contributed by atoms with Crippen molar-refractivity contribution in [3.63, 3.8) is 0 Å². The molecule has 1 aromatic rings. The second kappa shape index (κ2) is 7.75. The Bertz CT molecular complexity index is 463. The Kier molecular flexibility index (Phi) is 6.57. The summed E-state index contributed by atoms with van der Waals surface area (Å²) in [5, 5.41) is 12.6. The van der Waals surface area contributed by atoms with Gasteiger partial charge in [0.15, 0.2) is 0 Å². The maximum absolute atomic E-state index is 11.9. The summed E-state index contributed by atoms with van der Waals surface area (Å²) >= 11 is 0. The van der Waals surface area contributed by atoms with E-state index >= 15 is 0 Å². The third-order valence-corrected chi connectivity index (χ3v) is 3.69. The Balaban J connectivity index is 2.69. The molecule has 1 unspecified atom stereocenters. The molecule has 0 aliphatic heterocycles. The molecule has 0 radical (unpaired) electrons. The molecule has 1 atom stereocenters. The average molecular weight is 307 g/mol. The van der Waals surface area contributed by atoms with E-state index in [0.29, 0.717) is 6.54 Å². The molecule has 4 nitrogen and oxygen atoms in total. The molecule has 1 amide bonds. The van der Waals surface area contributed by atoms with E-state index in [4.69, 9.17) is 4.74 Å². The quantitative estimate of drug-likeness (QED) is 0.814. The van der Waals surface area contributed by atoms with Crippen molar-refractivity contribution in [2.75, 3.05) is 19.8 Å². The lowest BCUT2D eigenvalue weighted by atomic mass is 9.75. The van der Waals surface area contributed by atoms with Gasteiger partial charge < -0.3 is 15.2 Å². The van der Waals surface area contributed by atoms with Crippen molar-refractivity contribution in [2.24, 2.45) is 5.41 Å². The van der Waals surface area contributed by atoms with Crippen molar-refractivity contribution in [1.29, 1.82) is 0 Å². The Morgan fingerprint density at radius 3 is 2.27 bits per heavy atom. The summed E-state index contributed by atoms with van der Waals surface area (Å²) in [6.07, 6.45) is 0. The number of benzene rings is 1. The van der Waals surface area contributed by atoms with Crippen LogP contribution in [0.5, 0.6) is 0 Å². The first-order valence-electron chi connectivity index (χ1n) is 7.72. The number of hydrogen-bond donors (Lipinski definition) is 2. The van der Waals surface area contributed by atoms with Crippen LogP contribution in [0.1, 0.15) is 46.1 Å². The SMILES string of the molecule is CC(C)(C)OCC(=O)NCC(c1ccccc1)C(C)(C)CO. The number of hydrogen-bond acceptors (Lipinski definition) is 3. The van der Waals surface area contributed by atoms with Crippen LogP contribution in [0, 0.1) is 5.41 Å². The zero-order valence-electron chi connectivity index (χ0n) is 14.3. The molecule has 4 heteroatoms. The summed E-state index contributed by atoms with van der Waals surface area (Å²) in [5.41, 5.74) is 0.457. The molecule has 0 saturated carbocycles. The van der Waals surface area contributed by atoms with Gasteiger partial charge in [-0.3, -0.25) is 4.79 Å². The molecular formula is C18H29NO3. The minimum absolute atomic E-state index is 0.0392. The van der Waals surface area contributed by atoms with Gasteiger partial charge in [0.25, 0.3) is 0 Å². The highest BCUT2D eigenvalue weighted by atomic mass is 16.5. The molecule has 0 fully saturated rings. The standard InChI is InChI=1S/C18H29NO3/c1-17(2,3)22-12-16(21)19-11-15(18(4,5)13-20)14-9-7-6-8-10-14/h6-10,15,20H,11-13H2,1-5H3,(H,19,21). The molecule has 1 rings (SSSR count). The monoisotopic (exact) mass is 307 g/mol. The smallest absolute Gasteiger partial charge is 0.246 e. The molecule has 0 aliphatic rings. The summed E-state index contributed by atoms with van der Waals surface area (Å²) in [4.78, 5) is 11.9. The summed E-state index contributed by atoms with van der Waals surface area (Å²) in [5.74, 6) is -0.0955. The predicted octanol–water partition coefficient (Wildman–Crippen LogP) is 2.72.